The van der Waals surface area contributed by atoms with E-state index in [9.17, 15) is 13.2 Å². The molecule has 2 atom stereocenters. The average Bonchev–Trinajstić information content (AvgIpc) is 2.68. The van der Waals surface area contributed by atoms with Gasteiger partial charge >= 0.3 is 0 Å². The Morgan fingerprint density at radius 3 is 2.19 bits per heavy atom. The van der Waals surface area contributed by atoms with Gasteiger partial charge in [-0.2, -0.15) is 0 Å². The number of carbonyl (C=O) groups is 1. The molecule has 0 spiro atoms. The number of sulfonamides is 1. The number of hydrogen-bond acceptors (Lipinski definition) is 5. The number of carbonyl (C=O) groups excluding carboxylic acids is 1. The first-order valence-electron chi connectivity index (χ1n) is 11.7. The van der Waals surface area contributed by atoms with E-state index in [2.05, 4.69) is 40.9 Å². The molecule has 1 aliphatic carbocycles. The van der Waals surface area contributed by atoms with Gasteiger partial charge in [0.25, 0.3) is 0 Å². The van der Waals surface area contributed by atoms with Gasteiger partial charge in [-0.1, -0.05) is 0 Å². The standard InChI is InChI=1S/C24H39N3O4S/c1-16-13-21(27-14-17(2)31-18(3)15-27)11-12-22(16)25-23(28)19-7-9-20(10-8-19)26-32(29,30)24(4,5)6/h11-13,17-20,26H,7-10,14-15H2,1-6H3,(H,25,28). The highest BCUT2D eigenvalue weighted by atomic mass is 32.2. The van der Waals surface area contributed by atoms with E-state index in [1.807, 2.05) is 13.0 Å². The quantitative estimate of drug-likeness (QED) is 0.690. The highest BCUT2D eigenvalue weighted by molar-refractivity contribution is 7.90. The van der Waals surface area contributed by atoms with Crippen LogP contribution in [0.15, 0.2) is 18.2 Å². The second kappa shape index (κ2) is 9.69. The molecule has 1 saturated carbocycles. The minimum atomic E-state index is -3.37. The minimum absolute atomic E-state index is 0.0200. The van der Waals surface area contributed by atoms with Gasteiger partial charge in [-0.25, -0.2) is 13.1 Å². The maximum atomic E-state index is 12.9. The Hall–Kier alpha value is -1.64. The topological polar surface area (TPSA) is 87.7 Å². The Bertz CT molecular complexity index is 908. The third-order valence-electron chi connectivity index (χ3n) is 6.48. The first-order chi connectivity index (χ1) is 14.9. The summed E-state index contributed by atoms with van der Waals surface area (Å²) in [6.45, 7) is 13.0. The van der Waals surface area contributed by atoms with Crippen molar-refractivity contribution < 1.29 is 17.9 Å². The molecule has 180 valence electrons. The Labute approximate surface area is 193 Å². The molecule has 2 aliphatic rings. The molecule has 7 nitrogen and oxygen atoms in total. The fraction of sp³-hybridized carbons (Fsp3) is 0.708. The van der Waals surface area contributed by atoms with Gasteiger partial charge in [0.05, 0.1) is 17.0 Å². The van der Waals surface area contributed by atoms with Crippen molar-refractivity contribution in [2.75, 3.05) is 23.3 Å². The molecule has 1 saturated heterocycles. The van der Waals surface area contributed by atoms with Crippen molar-refractivity contribution in [2.24, 2.45) is 5.92 Å². The summed E-state index contributed by atoms with van der Waals surface area (Å²) >= 11 is 0. The molecule has 2 fully saturated rings. The largest absolute Gasteiger partial charge is 0.372 e. The smallest absolute Gasteiger partial charge is 0.227 e. The minimum Gasteiger partial charge on any atom is -0.372 e. The molecule has 1 aromatic rings. The van der Waals surface area contributed by atoms with Crippen molar-refractivity contribution in [2.45, 2.75) is 90.2 Å². The summed E-state index contributed by atoms with van der Waals surface area (Å²) < 4.78 is 32.6. The lowest BCUT2D eigenvalue weighted by molar-refractivity contribution is -0.120. The van der Waals surface area contributed by atoms with Crippen LogP contribution in [0.3, 0.4) is 0 Å². The molecular weight excluding hydrogens is 426 g/mol. The summed E-state index contributed by atoms with van der Waals surface area (Å²) in [5, 5.41) is 3.09. The zero-order valence-corrected chi connectivity index (χ0v) is 21.1. The van der Waals surface area contributed by atoms with Crippen LogP contribution in [0, 0.1) is 12.8 Å². The lowest BCUT2D eigenvalue weighted by atomic mass is 9.86. The number of hydrogen-bond donors (Lipinski definition) is 2. The number of aryl methyl sites for hydroxylation is 1. The van der Waals surface area contributed by atoms with E-state index in [1.54, 1.807) is 20.8 Å². The fourth-order valence-corrected chi connectivity index (χ4v) is 5.51. The number of anilines is 2. The van der Waals surface area contributed by atoms with Gasteiger partial charge in [0.1, 0.15) is 0 Å². The van der Waals surface area contributed by atoms with Crippen LogP contribution in [0.25, 0.3) is 0 Å². The molecule has 32 heavy (non-hydrogen) atoms. The second-order valence-corrected chi connectivity index (χ2v) is 12.9. The van der Waals surface area contributed by atoms with Crippen LogP contribution >= 0.6 is 0 Å². The van der Waals surface area contributed by atoms with Gasteiger partial charge in [0, 0.05) is 36.4 Å². The van der Waals surface area contributed by atoms with Gasteiger partial charge in [-0.3, -0.25) is 4.79 Å². The lowest BCUT2D eigenvalue weighted by Gasteiger charge is -2.37. The third-order valence-corrected chi connectivity index (χ3v) is 8.73. The van der Waals surface area contributed by atoms with Gasteiger partial charge in [-0.15, -0.1) is 0 Å². The summed E-state index contributed by atoms with van der Waals surface area (Å²) in [4.78, 5) is 15.2. The molecule has 3 rings (SSSR count). The summed E-state index contributed by atoms with van der Waals surface area (Å²) in [5.74, 6) is -0.0722. The van der Waals surface area contributed by atoms with Crippen molar-refractivity contribution in [1.82, 2.24) is 4.72 Å². The zero-order chi connectivity index (χ0) is 23.7. The molecular formula is C24H39N3O4S. The normalized spacial score (nSPS) is 27.2. The molecule has 1 aromatic carbocycles. The van der Waals surface area contributed by atoms with Gasteiger partial charge < -0.3 is 15.0 Å². The molecule has 8 heteroatoms. The number of morpholine rings is 1. The van der Waals surface area contributed by atoms with Crippen molar-refractivity contribution in [3.63, 3.8) is 0 Å². The average molecular weight is 466 g/mol. The molecule has 0 aromatic heterocycles. The SMILES string of the molecule is Cc1cc(N2CC(C)OC(C)C2)ccc1NC(=O)C1CCC(NS(=O)(=O)C(C)(C)C)CC1. The van der Waals surface area contributed by atoms with E-state index in [0.29, 0.717) is 25.7 Å². The molecule has 0 radical (unpaired) electrons. The molecule has 1 amide bonds. The van der Waals surface area contributed by atoms with Gasteiger partial charge in [0.2, 0.25) is 15.9 Å². The van der Waals surface area contributed by atoms with Crippen LogP contribution in [0.4, 0.5) is 11.4 Å². The first kappa shape index (κ1) is 25.0. The summed E-state index contributed by atoms with van der Waals surface area (Å²) in [6.07, 6.45) is 3.12. The second-order valence-electron chi connectivity index (χ2n) is 10.4. The van der Waals surface area contributed by atoms with E-state index < -0.39 is 14.8 Å². The number of nitrogens with zero attached hydrogens (tertiary/aromatic N) is 1. The maximum Gasteiger partial charge on any atom is 0.227 e. The van der Waals surface area contributed by atoms with E-state index in [1.165, 1.54) is 0 Å². The van der Waals surface area contributed by atoms with E-state index >= 15 is 0 Å². The predicted octanol–water partition coefficient (Wildman–Crippen LogP) is 3.82. The number of amides is 1. The fourth-order valence-electron chi connectivity index (χ4n) is 4.48. The predicted molar refractivity (Wildman–Crippen MR) is 130 cm³/mol. The van der Waals surface area contributed by atoms with Crippen LogP contribution in [0.5, 0.6) is 0 Å². The third kappa shape index (κ3) is 6.02. The number of rotatable bonds is 5. The van der Waals surface area contributed by atoms with Gasteiger partial charge in [-0.05, 0) is 91.0 Å². The van der Waals surface area contributed by atoms with Crippen LogP contribution in [0.1, 0.15) is 65.9 Å². The van der Waals surface area contributed by atoms with Crippen LogP contribution in [-0.4, -0.2) is 50.4 Å². The number of nitrogens with one attached hydrogen (secondary N) is 2. The Morgan fingerprint density at radius 2 is 1.66 bits per heavy atom. The molecule has 1 aliphatic heterocycles. The van der Waals surface area contributed by atoms with Gasteiger partial charge in [0.15, 0.2) is 0 Å². The Morgan fingerprint density at radius 1 is 1.06 bits per heavy atom. The van der Waals surface area contributed by atoms with E-state index in [-0.39, 0.29) is 30.1 Å². The molecule has 2 N–H and O–H groups in total. The summed E-state index contributed by atoms with van der Waals surface area (Å²) in [6, 6.07) is 6.07. The molecule has 1 heterocycles. The van der Waals surface area contributed by atoms with E-state index in [0.717, 1.165) is 30.0 Å². The first-order valence-corrected chi connectivity index (χ1v) is 13.2. The Kier molecular flexibility index (Phi) is 7.57. The molecule has 0 bridgehead atoms. The number of ether oxygens (including phenoxy) is 1. The summed E-state index contributed by atoms with van der Waals surface area (Å²) in [5.41, 5.74) is 3.02. The van der Waals surface area contributed by atoms with Crippen LogP contribution < -0.4 is 14.9 Å². The Balaban J connectivity index is 1.55. The maximum absolute atomic E-state index is 12.9. The number of benzene rings is 1. The van der Waals surface area contributed by atoms with Crippen molar-refractivity contribution >= 4 is 27.3 Å². The van der Waals surface area contributed by atoms with Crippen molar-refractivity contribution in [3.8, 4) is 0 Å². The zero-order valence-electron chi connectivity index (χ0n) is 20.3. The van der Waals surface area contributed by atoms with Crippen LogP contribution in [-0.2, 0) is 19.6 Å². The monoisotopic (exact) mass is 465 g/mol. The lowest BCUT2D eigenvalue weighted by Crippen LogP contribution is -2.46. The highest BCUT2D eigenvalue weighted by Crippen LogP contribution is 2.29. The summed E-state index contributed by atoms with van der Waals surface area (Å²) in [7, 11) is -3.37. The molecule has 2 unspecified atom stereocenters. The van der Waals surface area contributed by atoms with E-state index in [4.69, 9.17) is 4.74 Å². The van der Waals surface area contributed by atoms with Crippen molar-refractivity contribution in [1.29, 1.82) is 0 Å². The van der Waals surface area contributed by atoms with Crippen molar-refractivity contribution in [3.05, 3.63) is 23.8 Å². The highest BCUT2D eigenvalue weighted by Gasteiger charge is 2.34. The van der Waals surface area contributed by atoms with Crippen LogP contribution in [0.2, 0.25) is 0 Å².